The Bertz CT molecular complexity index is 953. The van der Waals surface area contributed by atoms with Crippen LogP contribution in [0.15, 0.2) is 42.5 Å². The molecule has 0 aromatic heterocycles. The zero-order valence-electron chi connectivity index (χ0n) is 14.6. The lowest BCUT2D eigenvalue weighted by atomic mass is 9.92. The van der Waals surface area contributed by atoms with Crippen LogP contribution in [0.5, 0.6) is 0 Å². The van der Waals surface area contributed by atoms with Gasteiger partial charge in [0.05, 0.1) is 5.69 Å². The Morgan fingerprint density at radius 2 is 1.77 bits per heavy atom. The van der Waals surface area contributed by atoms with Crippen molar-refractivity contribution >= 4 is 23.5 Å². The first kappa shape index (κ1) is 16.3. The lowest BCUT2D eigenvalue weighted by molar-refractivity contribution is -0.133. The van der Waals surface area contributed by atoms with Crippen molar-refractivity contribution in [3.05, 3.63) is 64.7 Å². The van der Waals surface area contributed by atoms with Gasteiger partial charge in [-0.25, -0.2) is 4.79 Å². The molecule has 132 valence electrons. The van der Waals surface area contributed by atoms with E-state index in [2.05, 4.69) is 42.7 Å². The molecule has 0 aliphatic carbocycles. The van der Waals surface area contributed by atoms with Gasteiger partial charge in [-0.05, 0) is 43.0 Å². The van der Waals surface area contributed by atoms with Crippen molar-refractivity contribution in [1.82, 2.24) is 10.6 Å². The van der Waals surface area contributed by atoms with E-state index in [0.29, 0.717) is 24.2 Å². The normalized spacial score (nSPS) is 21.2. The molecule has 0 saturated carbocycles. The van der Waals surface area contributed by atoms with Crippen LogP contribution in [-0.2, 0) is 21.5 Å². The van der Waals surface area contributed by atoms with E-state index in [1.807, 2.05) is 6.07 Å². The first-order valence-corrected chi connectivity index (χ1v) is 8.54. The molecule has 0 radical (unpaired) electrons. The number of nitrogens with one attached hydrogen (secondary N) is 2. The molecular weight excluding hydrogens is 330 g/mol. The number of hydrogen-bond donors (Lipinski definition) is 2. The number of fused-ring (bicyclic) bond motifs is 2. The zero-order valence-corrected chi connectivity index (χ0v) is 14.6. The highest BCUT2D eigenvalue weighted by molar-refractivity contribution is 6.27. The molecule has 1 fully saturated rings. The fourth-order valence-electron chi connectivity index (χ4n) is 3.67. The lowest BCUT2D eigenvalue weighted by Crippen LogP contribution is -2.52. The van der Waals surface area contributed by atoms with E-state index in [4.69, 9.17) is 0 Å². The smallest absolute Gasteiger partial charge is 0.312 e. The van der Waals surface area contributed by atoms with Crippen LogP contribution in [0.2, 0.25) is 0 Å². The van der Waals surface area contributed by atoms with Gasteiger partial charge in [-0.2, -0.15) is 0 Å². The average molecular weight is 349 g/mol. The fraction of sp³-hybridized carbons (Fsp3) is 0.250. The summed E-state index contributed by atoms with van der Waals surface area (Å²) in [7, 11) is 0. The Balaban J connectivity index is 1.67. The number of aryl methyl sites for hydroxylation is 2. The van der Waals surface area contributed by atoms with Crippen LogP contribution in [0.25, 0.3) is 0 Å². The van der Waals surface area contributed by atoms with Crippen molar-refractivity contribution in [3.8, 4) is 0 Å². The molecule has 2 aliphatic heterocycles. The van der Waals surface area contributed by atoms with Crippen LogP contribution in [-0.4, -0.2) is 24.4 Å². The summed E-state index contributed by atoms with van der Waals surface area (Å²) >= 11 is 0. The minimum Gasteiger partial charge on any atom is -0.312 e. The highest BCUT2D eigenvalue weighted by Crippen LogP contribution is 2.41. The molecule has 1 spiro atoms. The van der Waals surface area contributed by atoms with Gasteiger partial charge in [0.25, 0.3) is 11.8 Å². The Morgan fingerprint density at radius 3 is 2.46 bits per heavy atom. The predicted molar refractivity (Wildman–Crippen MR) is 96.8 cm³/mol. The molecule has 4 rings (SSSR count). The third-order valence-corrected chi connectivity index (χ3v) is 5.23. The number of benzene rings is 2. The van der Waals surface area contributed by atoms with Gasteiger partial charge >= 0.3 is 6.03 Å². The van der Waals surface area contributed by atoms with Crippen molar-refractivity contribution in [2.75, 3.05) is 11.4 Å². The number of amides is 4. The first-order chi connectivity index (χ1) is 12.4. The van der Waals surface area contributed by atoms with Gasteiger partial charge in [0.1, 0.15) is 0 Å². The molecule has 4 amide bonds. The summed E-state index contributed by atoms with van der Waals surface area (Å²) in [6, 6.07) is 12.7. The van der Waals surface area contributed by atoms with E-state index in [1.54, 1.807) is 23.1 Å². The second-order valence-corrected chi connectivity index (χ2v) is 6.80. The molecule has 1 unspecified atom stereocenters. The quantitative estimate of drug-likeness (QED) is 0.656. The van der Waals surface area contributed by atoms with Crippen molar-refractivity contribution in [2.45, 2.75) is 25.8 Å². The number of carbonyl (C=O) groups is 3. The highest BCUT2D eigenvalue weighted by Gasteiger charge is 2.60. The minimum absolute atomic E-state index is 0.411. The van der Waals surface area contributed by atoms with Gasteiger partial charge in [0, 0.05) is 12.1 Å². The van der Waals surface area contributed by atoms with E-state index < -0.39 is 23.4 Å². The summed E-state index contributed by atoms with van der Waals surface area (Å²) < 4.78 is 0. The second kappa shape index (κ2) is 5.69. The summed E-state index contributed by atoms with van der Waals surface area (Å²) in [5, 5.41) is 4.73. The number of urea groups is 1. The second-order valence-electron chi connectivity index (χ2n) is 6.80. The van der Waals surface area contributed by atoms with E-state index in [-0.39, 0.29) is 0 Å². The Kier molecular flexibility index (Phi) is 3.57. The fourth-order valence-corrected chi connectivity index (χ4v) is 3.67. The molecule has 2 aromatic carbocycles. The van der Waals surface area contributed by atoms with Crippen molar-refractivity contribution in [1.29, 1.82) is 0 Å². The standard InChI is InChI=1S/C20H19N3O3/c1-12-7-8-14(11-13(12)2)9-10-23-16-6-4-3-5-15(16)20(18(23)25)17(24)21-19(26)22-20/h3-8,11H,9-10H2,1-2H3,(H2,21,22,24,26). The number of imide groups is 1. The maximum Gasteiger partial charge on any atom is 0.323 e. The number of anilines is 1. The van der Waals surface area contributed by atoms with Gasteiger partial charge in [-0.3, -0.25) is 14.9 Å². The van der Waals surface area contributed by atoms with Crippen LogP contribution >= 0.6 is 0 Å². The first-order valence-electron chi connectivity index (χ1n) is 8.54. The van der Waals surface area contributed by atoms with Crippen molar-refractivity contribution < 1.29 is 14.4 Å². The Hall–Kier alpha value is -3.15. The van der Waals surface area contributed by atoms with Gasteiger partial charge in [0.15, 0.2) is 0 Å². The van der Waals surface area contributed by atoms with Crippen LogP contribution in [0.3, 0.4) is 0 Å². The van der Waals surface area contributed by atoms with E-state index in [1.165, 1.54) is 11.1 Å². The summed E-state index contributed by atoms with van der Waals surface area (Å²) in [6.45, 7) is 4.55. The average Bonchev–Trinajstić information content (AvgIpc) is 3.05. The molecule has 2 aromatic rings. The molecule has 0 bridgehead atoms. The van der Waals surface area contributed by atoms with Gasteiger partial charge in [0.2, 0.25) is 5.54 Å². The number of nitrogens with zero attached hydrogens (tertiary/aromatic N) is 1. The minimum atomic E-state index is -1.64. The summed E-state index contributed by atoms with van der Waals surface area (Å²) in [5.41, 5.74) is 3.10. The van der Waals surface area contributed by atoms with E-state index in [0.717, 1.165) is 5.56 Å². The third-order valence-electron chi connectivity index (χ3n) is 5.23. The monoisotopic (exact) mass is 349 g/mol. The summed E-state index contributed by atoms with van der Waals surface area (Å²) in [4.78, 5) is 38.9. The maximum atomic E-state index is 13.1. The number of hydrogen-bond acceptors (Lipinski definition) is 3. The molecule has 6 nitrogen and oxygen atoms in total. The van der Waals surface area contributed by atoms with Crippen LogP contribution in [0.1, 0.15) is 22.3 Å². The molecular formula is C20H19N3O3. The van der Waals surface area contributed by atoms with Crippen LogP contribution in [0.4, 0.5) is 10.5 Å². The molecule has 1 atom stereocenters. The van der Waals surface area contributed by atoms with E-state index >= 15 is 0 Å². The van der Waals surface area contributed by atoms with Crippen molar-refractivity contribution in [3.63, 3.8) is 0 Å². The van der Waals surface area contributed by atoms with Gasteiger partial charge < -0.3 is 10.2 Å². The number of para-hydroxylation sites is 1. The maximum absolute atomic E-state index is 13.1. The van der Waals surface area contributed by atoms with Crippen molar-refractivity contribution in [2.24, 2.45) is 0 Å². The van der Waals surface area contributed by atoms with Crippen LogP contribution in [0, 0.1) is 13.8 Å². The molecule has 1 saturated heterocycles. The van der Waals surface area contributed by atoms with Crippen LogP contribution < -0.4 is 15.5 Å². The Morgan fingerprint density at radius 1 is 1.00 bits per heavy atom. The molecule has 2 heterocycles. The SMILES string of the molecule is Cc1ccc(CCN2C(=O)C3(NC(=O)NC3=O)c3ccccc32)cc1C. The largest absolute Gasteiger partial charge is 0.323 e. The van der Waals surface area contributed by atoms with E-state index in [9.17, 15) is 14.4 Å². The predicted octanol–water partition coefficient (Wildman–Crippen LogP) is 1.93. The lowest BCUT2D eigenvalue weighted by Gasteiger charge is -2.21. The van der Waals surface area contributed by atoms with Gasteiger partial charge in [-0.15, -0.1) is 0 Å². The topological polar surface area (TPSA) is 78.5 Å². The summed E-state index contributed by atoms with van der Waals surface area (Å²) in [6.07, 6.45) is 0.660. The number of rotatable bonds is 3. The molecule has 6 heteroatoms. The Labute approximate surface area is 151 Å². The highest BCUT2D eigenvalue weighted by atomic mass is 16.2. The zero-order chi connectivity index (χ0) is 18.5. The molecule has 26 heavy (non-hydrogen) atoms. The molecule has 2 N–H and O–H groups in total. The molecule has 2 aliphatic rings. The van der Waals surface area contributed by atoms with Gasteiger partial charge in [-0.1, -0.05) is 36.4 Å². The third kappa shape index (κ3) is 2.22. The summed E-state index contributed by atoms with van der Waals surface area (Å²) in [5.74, 6) is -1.03. The number of carbonyl (C=O) groups excluding carboxylic acids is 3.